The van der Waals surface area contributed by atoms with Crippen LogP contribution in [-0.4, -0.2) is 18.1 Å². The second-order valence-electron chi connectivity index (χ2n) is 5.23. The maximum atomic E-state index is 12.1. The summed E-state index contributed by atoms with van der Waals surface area (Å²) in [5.74, 6) is 0.0771. The number of carbonyl (C=O) groups excluding carboxylic acids is 1. The van der Waals surface area contributed by atoms with Gasteiger partial charge in [-0.3, -0.25) is 0 Å². The van der Waals surface area contributed by atoms with Crippen LogP contribution in [0.4, 0.5) is 0 Å². The molecule has 5 heteroatoms. The van der Waals surface area contributed by atoms with Gasteiger partial charge in [0, 0.05) is 10.9 Å². The maximum Gasteiger partial charge on any atom is 0.341 e. The number of hydrogen-bond donors (Lipinski definition) is 0. The molecule has 1 heterocycles. The molecular weight excluding hydrogens is 322 g/mol. The molecule has 1 aromatic heterocycles. The highest BCUT2D eigenvalue weighted by Gasteiger charge is 2.16. The Balaban J connectivity index is 1.89. The zero-order chi connectivity index (χ0) is 16.9. The summed E-state index contributed by atoms with van der Waals surface area (Å²) >= 11 is 1.57. The lowest BCUT2D eigenvalue weighted by molar-refractivity contribution is 0.0595. The summed E-state index contributed by atoms with van der Waals surface area (Å²) in [6, 6.07) is 15.3. The van der Waals surface area contributed by atoms with Gasteiger partial charge in [0.05, 0.1) is 17.8 Å². The average molecular weight is 339 g/mol. The molecule has 0 aliphatic carbocycles. The van der Waals surface area contributed by atoms with E-state index < -0.39 is 5.97 Å². The monoisotopic (exact) mass is 339 g/mol. The average Bonchev–Trinajstić information content (AvgIpc) is 3.06. The fourth-order valence-corrected chi connectivity index (χ4v) is 2.94. The number of ether oxygens (including phenoxy) is 2. The molecule has 0 radical (unpaired) electrons. The Morgan fingerprint density at radius 3 is 2.62 bits per heavy atom. The molecule has 0 N–H and O–H groups in total. The lowest BCUT2D eigenvalue weighted by Gasteiger charge is -2.11. The predicted octanol–water partition coefficient (Wildman–Crippen LogP) is 4.48. The van der Waals surface area contributed by atoms with Crippen LogP contribution in [0.1, 0.15) is 20.9 Å². The van der Waals surface area contributed by atoms with Crippen molar-refractivity contribution in [3.8, 4) is 17.0 Å². The summed E-state index contributed by atoms with van der Waals surface area (Å²) in [7, 11) is 1.36. The van der Waals surface area contributed by atoms with Crippen molar-refractivity contribution >= 4 is 17.3 Å². The van der Waals surface area contributed by atoms with E-state index in [1.165, 1.54) is 7.11 Å². The Bertz CT molecular complexity index is 843. The molecule has 2 aromatic carbocycles. The summed E-state index contributed by atoms with van der Waals surface area (Å²) in [6.07, 6.45) is 0. The van der Waals surface area contributed by atoms with Crippen LogP contribution in [0.5, 0.6) is 5.75 Å². The Kier molecular flexibility index (Phi) is 4.91. The third-order valence-corrected chi connectivity index (χ3v) is 4.31. The van der Waals surface area contributed by atoms with Crippen molar-refractivity contribution in [3.05, 3.63) is 70.0 Å². The van der Waals surface area contributed by atoms with E-state index in [1.807, 2.05) is 48.7 Å². The zero-order valence-corrected chi connectivity index (χ0v) is 14.3. The number of nitrogens with zero attached hydrogens (tertiary/aromatic N) is 1. The second-order valence-corrected chi connectivity index (χ2v) is 6.29. The molecule has 0 aliphatic heterocycles. The van der Waals surface area contributed by atoms with E-state index in [-0.39, 0.29) is 0 Å². The fourth-order valence-electron chi connectivity index (χ4n) is 2.32. The van der Waals surface area contributed by atoms with Crippen molar-refractivity contribution in [1.82, 2.24) is 4.98 Å². The van der Waals surface area contributed by atoms with Crippen molar-refractivity contribution < 1.29 is 14.3 Å². The van der Waals surface area contributed by atoms with E-state index in [0.29, 0.717) is 17.9 Å². The molecule has 0 fully saturated rings. The highest BCUT2D eigenvalue weighted by atomic mass is 32.1. The molecule has 0 spiro atoms. The van der Waals surface area contributed by atoms with Crippen molar-refractivity contribution in [1.29, 1.82) is 0 Å². The smallest absolute Gasteiger partial charge is 0.341 e. The first kappa shape index (κ1) is 16.2. The number of rotatable bonds is 5. The maximum absolute atomic E-state index is 12.1. The first-order valence-corrected chi connectivity index (χ1v) is 8.37. The van der Waals surface area contributed by atoms with Gasteiger partial charge in [-0.1, -0.05) is 30.3 Å². The van der Waals surface area contributed by atoms with E-state index in [9.17, 15) is 4.79 Å². The number of methoxy groups -OCH3 is 1. The Morgan fingerprint density at radius 2 is 1.96 bits per heavy atom. The van der Waals surface area contributed by atoms with Crippen LogP contribution in [-0.2, 0) is 11.3 Å². The van der Waals surface area contributed by atoms with Crippen LogP contribution in [0.25, 0.3) is 11.3 Å². The van der Waals surface area contributed by atoms with E-state index in [4.69, 9.17) is 9.47 Å². The minimum atomic E-state index is -0.424. The first-order chi connectivity index (χ1) is 11.7. The van der Waals surface area contributed by atoms with E-state index in [1.54, 1.807) is 23.5 Å². The third-order valence-electron chi connectivity index (χ3n) is 3.54. The molecule has 0 amide bonds. The molecule has 0 bridgehead atoms. The standard InChI is InChI=1S/C19H17NO3S/c1-13-20-17(12-24-13)15-8-9-18(16(10-15)19(21)22-2)23-11-14-6-4-3-5-7-14/h3-10,12H,11H2,1-2H3. The van der Waals surface area contributed by atoms with Crippen molar-refractivity contribution in [3.63, 3.8) is 0 Å². The summed E-state index contributed by atoms with van der Waals surface area (Å²) in [5.41, 5.74) is 3.15. The molecule has 3 aromatic rings. The van der Waals surface area contributed by atoms with Crippen LogP contribution in [0.2, 0.25) is 0 Å². The van der Waals surface area contributed by atoms with Gasteiger partial charge < -0.3 is 9.47 Å². The minimum Gasteiger partial charge on any atom is -0.488 e. The molecule has 0 saturated carbocycles. The first-order valence-electron chi connectivity index (χ1n) is 7.49. The van der Waals surface area contributed by atoms with Gasteiger partial charge in [0.2, 0.25) is 0 Å². The van der Waals surface area contributed by atoms with Crippen molar-refractivity contribution in [2.45, 2.75) is 13.5 Å². The van der Waals surface area contributed by atoms with Gasteiger partial charge in [0.15, 0.2) is 0 Å². The van der Waals surface area contributed by atoms with Crippen LogP contribution < -0.4 is 4.74 Å². The summed E-state index contributed by atoms with van der Waals surface area (Å²) < 4.78 is 10.7. The van der Waals surface area contributed by atoms with Crippen molar-refractivity contribution in [2.75, 3.05) is 7.11 Å². The SMILES string of the molecule is COC(=O)c1cc(-c2csc(C)n2)ccc1OCc1ccccc1. The topological polar surface area (TPSA) is 48.4 Å². The van der Waals surface area contributed by atoms with Gasteiger partial charge in [0.25, 0.3) is 0 Å². The Labute approximate surface area is 144 Å². The van der Waals surface area contributed by atoms with Crippen LogP contribution >= 0.6 is 11.3 Å². The second kappa shape index (κ2) is 7.27. The summed E-state index contributed by atoms with van der Waals surface area (Å²) in [6.45, 7) is 2.34. The van der Waals surface area contributed by atoms with Crippen molar-refractivity contribution in [2.24, 2.45) is 0 Å². The molecule has 0 saturated heterocycles. The van der Waals surface area contributed by atoms with Gasteiger partial charge in [0.1, 0.15) is 17.9 Å². The van der Waals surface area contributed by atoms with Crippen LogP contribution in [0.3, 0.4) is 0 Å². The zero-order valence-electron chi connectivity index (χ0n) is 13.5. The summed E-state index contributed by atoms with van der Waals surface area (Å²) in [5, 5.41) is 2.95. The number of hydrogen-bond acceptors (Lipinski definition) is 5. The van der Waals surface area contributed by atoms with Gasteiger partial charge >= 0.3 is 5.97 Å². The van der Waals surface area contributed by atoms with Gasteiger partial charge in [-0.2, -0.15) is 0 Å². The van der Waals surface area contributed by atoms with Gasteiger partial charge in [-0.15, -0.1) is 11.3 Å². The summed E-state index contributed by atoms with van der Waals surface area (Å²) in [4.78, 5) is 16.6. The molecule has 0 aliphatic rings. The van der Waals surface area contributed by atoms with Crippen LogP contribution in [0.15, 0.2) is 53.9 Å². The fraction of sp³-hybridized carbons (Fsp3) is 0.158. The lowest BCUT2D eigenvalue weighted by atomic mass is 10.1. The Morgan fingerprint density at radius 1 is 1.17 bits per heavy atom. The number of carbonyl (C=O) groups is 1. The number of aromatic nitrogens is 1. The molecule has 0 unspecified atom stereocenters. The van der Waals surface area contributed by atoms with E-state index in [0.717, 1.165) is 21.8 Å². The van der Waals surface area contributed by atoms with E-state index in [2.05, 4.69) is 4.98 Å². The van der Waals surface area contributed by atoms with Gasteiger partial charge in [-0.25, -0.2) is 9.78 Å². The highest BCUT2D eigenvalue weighted by Crippen LogP contribution is 2.28. The quantitative estimate of drug-likeness (QED) is 0.643. The molecule has 0 atom stereocenters. The molecule has 122 valence electrons. The molecule has 3 rings (SSSR count). The third kappa shape index (κ3) is 3.63. The molecular formula is C19H17NO3S. The van der Waals surface area contributed by atoms with E-state index >= 15 is 0 Å². The number of benzene rings is 2. The minimum absolute atomic E-state index is 0.389. The predicted molar refractivity (Wildman–Crippen MR) is 94.4 cm³/mol. The van der Waals surface area contributed by atoms with Gasteiger partial charge in [-0.05, 0) is 30.7 Å². The largest absolute Gasteiger partial charge is 0.488 e. The number of esters is 1. The number of thiazole rings is 1. The highest BCUT2D eigenvalue weighted by molar-refractivity contribution is 7.09. The normalized spacial score (nSPS) is 10.4. The molecule has 24 heavy (non-hydrogen) atoms. The Hall–Kier alpha value is -2.66. The molecule has 4 nitrogen and oxygen atoms in total. The number of aryl methyl sites for hydroxylation is 1. The van der Waals surface area contributed by atoms with Crippen LogP contribution in [0, 0.1) is 6.92 Å². The lowest BCUT2D eigenvalue weighted by Crippen LogP contribution is -2.06.